The Morgan fingerprint density at radius 2 is 2.06 bits per heavy atom. The molecule has 0 spiro atoms. The number of carbonyl (C=O) groups is 1. The summed E-state index contributed by atoms with van der Waals surface area (Å²) in [5.74, 6) is 0.939. The molecule has 1 amide bonds. The number of fused-ring (bicyclic) bond motifs is 5. The van der Waals surface area contributed by atoms with Crippen LogP contribution in [0.15, 0.2) is 10.2 Å². The van der Waals surface area contributed by atoms with E-state index in [2.05, 4.69) is 19.2 Å². The third kappa shape index (κ3) is 4.88. The lowest BCUT2D eigenvalue weighted by atomic mass is 9.99. The number of aryl methyl sites for hydroxylation is 1. The zero-order valence-corrected chi connectivity index (χ0v) is 21.9. The predicted molar refractivity (Wildman–Crippen MR) is 138 cm³/mol. The van der Waals surface area contributed by atoms with Crippen LogP contribution in [0.3, 0.4) is 0 Å². The Hall–Kier alpha value is -1.42. The van der Waals surface area contributed by atoms with Crippen LogP contribution in [-0.4, -0.2) is 52.1 Å². The van der Waals surface area contributed by atoms with Gasteiger partial charge in [-0.25, -0.2) is 15.0 Å². The first-order chi connectivity index (χ1) is 16.0. The van der Waals surface area contributed by atoms with Gasteiger partial charge in [-0.05, 0) is 61.8 Å². The van der Waals surface area contributed by atoms with Gasteiger partial charge in [-0.15, -0.1) is 11.3 Å². The molecule has 1 atom stereocenters. The second-order valence-corrected chi connectivity index (χ2v) is 11.9. The second kappa shape index (κ2) is 10.1. The predicted octanol–water partition coefficient (Wildman–Crippen LogP) is 5.04. The van der Waals surface area contributed by atoms with E-state index < -0.39 is 0 Å². The van der Waals surface area contributed by atoms with Gasteiger partial charge in [-0.3, -0.25) is 4.79 Å². The van der Waals surface area contributed by atoms with Crippen LogP contribution in [0, 0.1) is 5.92 Å². The van der Waals surface area contributed by atoms with E-state index in [0.717, 1.165) is 63.9 Å². The van der Waals surface area contributed by atoms with E-state index in [1.165, 1.54) is 40.4 Å². The summed E-state index contributed by atoms with van der Waals surface area (Å²) in [5, 5.41) is 5.87. The number of thioether (sulfide) groups is 2. The molecule has 33 heavy (non-hydrogen) atoms. The molecule has 3 aromatic heterocycles. The minimum absolute atomic E-state index is 0.0207. The van der Waals surface area contributed by atoms with Crippen molar-refractivity contribution in [2.75, 3.05) is 25.2 Å². The maximum Gasteiger partial charge on any atom is 0.230 e. The molecule has 2 aliphatic rings. The summed E-state index contributed by atoms with van der Waals surface area (Å²) in [6, 6.07) is 0. The molecular weight excluding hydrogens is 472 g/mol. The van der Waals surface area contributed by atoms with Gasteiger partial charge in [0.1, 0.15) is 9.86 Å². The fourth-order valence-electron chi connectivity index (χ4n) is 4.76. The fraction of sp³-hybridized carbons (Fsp3) is 0.583. The standard InChI is InChI=1S/C24H30N4O2S3/c1-13(2)10-17-15-7-4-8-16(15)19-20-21(33-22(19)26-17)23(28-24(27-20)31-3)32-12-18(29)25-11-14-6-5-9-30-14/h13-14H,4-12H2,1-3H3,(H,25,29). The van der Waals surface area contributed by atoms with Crippen molar-refractivity contribution >= 4 is 61.2 Å². The van der Waals surface area contributed by atoms with Gasteiger partial charge in [0.25, 0.3) is 0 Å². The number of rotatable bonds is 8. The molecule has 9 heteroatoms. The van der Waals surface area contributed by atoms with Crippen LogP contribution in [0.1, 0.15) is 49.9 Å². The van der Waals surface area contributed by atoms with Crippen molar-refractivity contribution in [2.45, 2.75) is 68.7 Å². The zero-order valence-electron chi connectivity index (χ0n) is 19.4. The number of pyridine rings is 1. The molecule has 5 rings (SSSR count). The van der Waals surface area contributed by atoms with Gasteiger partial charge in [0.05, 0.1) is 22.1 Å². The number of thiophene rings is 1. The molecule has 1 aliphatic carbocycles. The maximum atomic E-state index is 12.5. The van der Waals surface area contributed by atoms with Crippen LogP contribution in [0.5, 0.6) is 0 Å². The number of aromatic nitrogens is 3. The van der Waals surface area contributed by atoms with Gasteiger partial charge in [0, 0.05) is 24.2 Å². The van der Waals surface area contributed by atoms with Crippen LogP contribution < -0.4 is 5.32 Å². The van der Waals surface area contributed by atoms with Crippen molar-refractivity contribution in [1.82, 2.24) is 20.3 Å². The summed E-state index contributed by atoms with van der Waals surface area (Å²) in [5.41, 5.74) is 5.16. The highest BCUT2D eigenvalue weighted by molar-refractivity contribution is 8.00. The number of nitrogens with one attached hydrogen (secondary N) is 1. The Kier molecular flexibility index (Phi) is 7.11. The number of hydrogen-bond donors (Lipinski definition) is 1. The average molecular weight is 503 g/mol. The molecule has 3 aromatic rings. The van der Waals surface area contributed by atoms with E-state index in [4.69, 9.17) is 19.7 Å². The van der Waals surface area contributed by atoms with Crippen LogP contribution in [0.2, 0.25) is 0 Å². The molecule has 1 fully saturated rings. The highest BCUT2D eigenvalue weighted by atomic mass is 32.2. The van der Waals surface area contributed by atoms with Crippen LogP contribution in [0.25, 0.3) is 20.4 Å². The lowest BCUT2D eigenvalue weighted by Crippen LogP contribution is -2.32. The third-order valence-corrected chi connectivity index (χ3v) is 8.97. The second-order valence-electron chi connectivity index (χ2n) is 9.17. The Morgan fingerprint density at radius 3 is 2.82 bits per heavy atom. The van der Waals surface area contributed by atoms with Gasteiger partial charge in [-0.2, -0.15) is 0 Å². The molecule has 4 heterocycles. The SMILES string of the molecule is CSc1nc(SCC(=O)NCC2CCCO2)c2sc3nc(CC(C)C)c4c(c3c2n1)CCC4. The number of nitrogens with zero attached hydrogens (tertiary/aromatic N) is 3. The normalized spacial score (nSPS) is 18.0. The van der Waals surface area contributed by atoms with Crippen molar-refractivity contribution in [1.29, 1.82) is 0 Å². The summed E-state index contributed by atoms with van der Waals surface area (Å²) >= 11 is 4.73. The van der Waals surface area contributed by atoms with Crippen LogP contribution >= 0.6 is 34.9 Å². The molecule has 1 aliphatic heterocycles. The minimum atomic E-state index is 0.0207. The highest BCUT2D eigenvalue weighted by Gasteiger charge is 2.25. The lowest BCUT2D eigenvalue weighted by molar-refractivity contribution is -0.119. The molecule has 1 saturated heterocycles. The van der Waals surface area contributed by atoms with Gasteiger partial charge in [0.15, 0.2) is 5.16 Å². The monoisotopic (exact) mass is 502 g/mol. The van der Waals surface area contributed by atoms with Crippen molar-refractivity contribution in [3.05, 3.63) is 16.8 Å². The number of amides is 1. The molecule has 0 aromatic carbocycles. The number of hydrogen-bond acceptors (Lipinski definition) is 8. The van der Waals surface area contributed by atoms with Crippen molar-refractivity contribution in [3.63, 3.8) is 0 Å². The van der Waals surface area contributed by atoms with Crippen molar-refractivity contribution in [3.8, 4) is 0 Å². The Bertz CT molecular complexity index is 1190. The van der Waals surface area contributed by atoms with E-state index in [-0.39, 0.29) is 12.0 Å². The van der Waals surface area contributed by atoms with Crippen LogP contribution in [-0.2, 0) is 28.8 Å². The molecule has 6 nitrogen and oxygen atoms in total. The largest absolute Gasteiger partial charge is 0.376 e. The summed E-state index contributed by atoms with van der Waals surface area (Å²) in [7, 11) is 0. The topological polar surface area (TPSA) is 77.0 Å². The molecule has 1 N–H and O–H groups in total. The van der Waals surface area contributed by atoms with E-state index in [1.807, 2.05) is 6.26 Å². The van der Waals surface area contributed by atoms with E-state index in [0.29, 0.717) is 18.2 Å². The van der Waals surface area contributed by atoms with E-state index in [9.17, 15) is 4.79 Å². The quantitative estimate of drug-likeness (QED) is 0.263. The highest BCUT2D eigenvalue weighted by Crippen LogP contribution is 2.43. The molecule has 0 bridgehead atoms. The summed E-state index contributed by atoms with van der Waals surface area (Å²) in [6.45, 7) is 5.90. The molecule has 0 saturated carbocycles. The minimum Gasteiger partial charge on any atom is -0.376 e. The molecular formula is C24H30N4O2S3. The van der Waals surface area contributed by atoms with Crippen molar-refractivity contribution < 1.29 is 9.53 Å². The molecule has 176 valence electrons. The average Bonchev–Trinajstić information content (AvgIpc) is 3.54. The van der Waals surface area contributed by atoms with Gasteiger partial charge in [0.2, 0.25) is 5.91 Å². The van der Waals surface area contributed by atoms with Crippen LogP contribution in [0.4, 0.5) is 0 Å². The lowest BCUT2D eigenvalue weighted by Gasteiger charge is -2.11. The maximum absolute atomic E-state index is 12.5. The third-order valence-electron chi connectivity index (χ3n) is 6.24. The molecule has 1 unspecified atom stereocenters. The summed E-state index contributed by atoms with van der Waals surface area (Å²) in [6.07, 6.45) is 8.67. The van der Waals surface area contributed by atoms with E-state index in [1.54, 1.807) is 23.1 Å². The van der Waals surface area contributed by atoms with E-state index >= 15 is 0 Å². The number of carbonyl (C=O) groups excluding carboxylic acids is 1. The first-order valence-corrected chi connectivity index (χ1v) is 14.8. The Morgan fingerprint density at radius 1 is 1.21 bits per heavy atom. The smallest absolute Gasteiger partial charge is 0.230 e. The first kappa shape index (κ1) is 23.3. The Labute approximate surface area is 207 Å². The first-order valence-electron chi connectivity index (χ1n) is 11.7. The van der Waals surface area contributed by atoms with Gasteiger partial charge < -0.3 is 10.1 Å². The van der Waals surface area contributed by atoms with Gasteiger partial charge in [-0.1, -0.05) is 37.4 Å². The summed E-state index contributed by atoms with van der Waals surface area (Å²) in [4.78, 5) is 28.4. The fourth-order valence-corrected chi connectivity index (χ4v) is 7.28. The zero-order chi connectivity index (χ0) is 22.9. The number of ether oxygens (including phenoxy) is 1. The molecule has 0 radical (unpaired) electrons. The Balaban J connectivity index is 1.47. The van der Waals surface area contributed by atoms with Crippen molar-refractivity contribution in [2.24, 2.45) is 5.92 Å². The van der Waals surface area contributed by atoms with Gasteiger partial charge >= 0.3 is 0 Å². The summed E-state index contributed by atoms with van der Waals surface area (Å²) < 4.78 is 6.67.